The number of alkyl halides is 3. The number of hydrogen-bond acceptors (Lipinski definition) is 5. The highest BCUT2D eigenvalue weighted by molar-refractivity contribution is 5.77. The van der Waals surface area contributed by atoms with E-state index < -0.39 is 6.36 Å². The monoisotopic (exact) mass is 426 g/mol. The van der Waals surface area contributed by atoms with Crippen LogP contribution in [0.1, 0.15) is 23.1 Å². The molecule has 1 aliphatic heterocycles. The van der Waals surface area contributed by atoms with Crippen LogP contribution in [0, 0.1) is 6.92 Å². The van der Waals surface area contributed by atoms with Gasteiger partial charge in [0.1, 0.15) is 17.3 Å². The molecule has 30 heavy (non-hydrogen) atoms. The van der Waals surface area contributed by atoms with Crippen molar-refractivity contribution in [3.63, 3.8) is 0 Å². The van der Waals surface area contributed by atoms with E-state index in [1.54, 1.807) is 0 Å². The number of aryl methyl sites for hydroxylation is 1. The second-order valence-electron chi connectivity index (χ2n) is 6.89. The lowest BCUT2D eigenvalue weighted by Gasteiger charge is -2.33. The lowest BCUT2D eigenvalue weighted by molar-refractivity contribution is -0.274. The Balaban J connectivity index is 1.56. The minimum atomic E-state index is -4.71. The van der Waals surface area contributed by atoms with Crippen molar-refractivity contribution in [2.45, 2.75) is 25.9 Å². The predicted molar refractivity (Wildman–Crippen MR) is 105 cm³/mol. The molecular formula is C20H25F3N4O3. The lowest BCUT2D eigenvalue weighted by Crippen LogP contribution is -2.45. The van der Waals surface area contributed by atoms with Crippen molar-refractivity contribution in [3.8, 4) is 5.75 Å². The molecule has 3 N–H and O–H groups in total. The summed E-state index contributed by atoms with van der Waals surface area (Å²) in [6, 6.07) is 9.38. The number of nitrogens with zero attached hydrogens (tertiary/aromatic N) is 2. The van der Waals surface area contributed by atoms with Crippen LogP contribution in [0.3, 0.4) is 0 Å². The van der Waals surface area contributed by atoms with Gasteiger partial charge in [-0.1, -0.05) is 12.1 Å². The normalized spacial score (nSPS) is 17.0. The first kappa shape index (κ1) is 22.0. The first-order valence-electron chi connectivity index (χ1n) is 9.57. The van der Waals surface area contributed by atoms with E-state index in [-0.39, 0.29) is 24.3 Å². The number of halogens is 3. The van der Waals surface area contributed by atoms with Crippen molar-refractivity contribution >= 4 is 5.96 Å². The first-order chi connectivity index (χ1) is 14.3. The summed E-state index contributed by atoms with van der Waals surface area (Å²) in [6.45, 7) is 5.52. The number of ether oxygens (including phenoxy) is 2. The van der Waals surface area contributed by atoms with Gasteiger partial charge in [0.2, 0.25) is 0 Å². The SMILES string of the molecule is Cc1ccc(C(CNC(N)=NCc2ccc(OC(F)(F)F)cc2)N2CCOCC2)o1. The van der Waals surface area contributed by atoms with Crippen LogP contribution in [0.25, 0.3) is 0 Å². The predicted octanol–water partition coefficient (Wildman–Crippen LogP) is 2.96. The van der Waals surface area contributed by atoms with Crippen LogP contribution in [0.4, 0.5) is 13.2 Å². The van der Waals surface area contributed by atoms with E-state index in [1.165, 1.54) is 24.3 Å². The van der Waals surface area contributed by atoms with E-state index >= 15 is 0 Å². The second-order valence-corrected chi connectivity index (χ2v) is 6.89. The third-order valence-electron chi connectivity index (χ3n) is 4.64. The fourth-order valence-corrected chi connectivity index (χ4v) is 3.16. The summed E-state index contributed by atoms with van der Waals surface area (Å²) in [4.78, 5) is 6.53. The topological polar surface area (TPSA) is 85.2 Å². The molecule has 10 heteroatoms. The van der Waals surface area contributed by atoms with Crippen LogP contribution >= 0.6 is 0 Å². The van der Waals surface area contributed by atoms with Crippen molar-refractivity contribution in [3.05, 3.63) is 53.5 Å². The molecule has 1 aliphatic rings. The summed E-state index contributed by atoms with van der Waals surface area (Å²) in [5.74, 6) is 1.65. The Labute approximate surface area is 172 Å². The molecule has 0 amide bonds. The highest BCUT2D eigenvalue weighted by atomic mass is 19.4. The molecule has 3 rings (SSSR count). The standard InChI is InChI=1S/C20H25F3N4O3/c1-14-2-7-18(29-14)17(27-8-10-28-11-9-27)13-26-19(24)25-12-15-3-5-16(6-4-15)30-20(21,22)23/h2-7,17H,8-13H2,1H3,(H3,24,25,26). The van der Waals surface area contributed by atoms with Gasteiger partial charge in [-0.15, -0.1) is 13.2 Å². The van der Waals surface area contributed by atoms with Gasteiger partial charge >= 0.3 is 6.36 Å². The molecule has 0 bridgehead atoms. The minimum absolute atomic E-state index is 0.0184. The summed E-state index contributed by atoms with van der Waals surface area (Å²) < 4.78 is 51.7. The smallest absolute Gasteiger partial charge is 0.465 e. The fraction of sp³-hybridized carbons (Fsp3) is 0.450. The average Bonchev–Trinajstić information content (AvgIpc) is 3.13. The number of furan rings is 1. The highest BCUT2D eigenvalue weighted by Gasteiger charge is 2.31. The Bertz CT molecular complexity index is 831. The van der Waals surface area contributed by atoms with E-state index in [2.05, 4.69) is 19.9 Å². The zero-order chi connectivity index (χ0) is 21.6. The van der Waals surface area contributed by atoms with Gasteiger partial charge in [-0.25, -0.2) is 4.99 Å². The molecule has 0 spiro atoms. The highest BCUT2D eigenvalue weighted by Crippen LogP contribution is 2.24. The largest absolute Gasteiger partial charge is 0.573 e. The van der Waals surface area contributed by atoms with Crippen LogP contribution in [0.15, 0.2) is 45.8 Å². The summed E-state index contributed by atoms with van der Waals surface area (Å²) in [5.41, 5.74) is 6.70. The third-order valence-corrected chi connectivity index (χ3v) is 4.64. The molecule has 1 aromatic heterocycles. The Kier molecular flexibility index (Phi) is 7.22. The molecule has 1 atom stereocenters. The quantitative estimate of drug-likeness (QED) is 0.523. The summed E-state index contributed by atoms with van der Waals surface area (Å²) in [5, 5.41) is 3.11. The van der Waals surface area contributed by atoms with Crippen molar-refractivity contribution in [1.82, 2.24) is 10.2 Å². The summed E-state index contributed by atoms with van der Waals surface area (Å²) in [7, 11) is 0. The van der Waals surface area contributed by atoms with E-state index in [0.717, 1.165) is 24.6 Å². The number of nitrogens with two attached hydrogens (primary N) is 1. The number of nitrogens with one attached hydrogen (secondary N) is 1. The first-order valence-corrected chi connectivity index (χ1v) is 9.57. The fourth-order valence-electron chi connectivity index (χ4n) is 3.16. The molecule has 0 aliphatic carbocycles. The van der Waals surface area contributed by atoms with Gasteiger partial charge < -0.3 is 24.9 Å². The van der Waals surface area contributed by atoms with Gasteiger partial charge in [-0.05, 0) is 36.8 Å². The van der Waals surface area contributed by atoms with Gasteiger partial charge in [0.05, 0.1) is 25.8 Å². The van der Waals surface area contributed by atoms with Gasteiger partial charge in [0.25, 0.3) is 0 Å². The molecule has 7 nitrogen and oxygen atoms in total. The van der Waals surface area contributed by atoms with Crippen LogP contribution in [0.2, 0.25) is 0 Å². The van der Waals surface area contributed by atoms with Crippen LogP contribution in [0.5, 0.6) is 5.75 Å². The maximum Gasteiger partial charge on any atom is 0.573 e. The molecule has 1 saturated heterocycles. The maximum atomic E-state index is 12.2. The number of hydrogen-bond donors (Lipinski definition) is 2. The van der Waals surface area contributed by atoms with E-state index in [0.29, 0.717) is 25.3 Å². The molecular weight excluding hydrogens is 401 g/mol. The second kappa shape index (κ2) is 9.86. The van der Waals surface area contributed by atoms with E-state index in [4.69, 9.17) is 14.9 Å². The number of guanidine groups is 1. The minimum Gasteiger partial charge on any atom is -0.465 e. The van der Waals surface area contributed by atoms with Gasteiger partial charge in [0, 0.05) is 19.6 Å². The molecule has 2 heterocycles. The summed E-state index contributed by atoms with van der Waals surface area (Å²) in [6.07, 6.45) is -4.71. The Morgan fingerprint density at radius 1 is 1.20 bits per heavy atom. The van der Waals surface area contributed by atoms with Crippen molar-refractivity contribution in [2.24, 2.45) is 10.7 Å². The van der Waals surface area contributed by atoms with Crippen LogP contribution < -0.4 is 15.8 Å². The van der Waals surface area contributed by atoms with Gasteiger partial charge in [0.15, 0.2) is 5.96 Å². The molecule has 1 fully saturated rings. The molecule has 0 radical (unpaired) electrons. The lowest BCUT2D eigenvalue weighted by atomic mass is 10.1. The average molecular weight is 426 g/mol. The van der Waals surface area contributed by atoms with Crippen molar-refractivity contribution in [1.29, 1.82) is 0 Å². The number of rotatable bonds is 7. The number of aliphatic imine (C=N–C) groups is 1. The van der Waals surface area contributed by atoms with Crippen LogP contribution in [-0.4, -0.2) is 50.1 Å². The van der Waals surface area contributed by atoms with Gasteiger partial charge in [-0.2, -0.15) is 0 Å². The summed E-state index contributed by atoms with van der Waals surface area (Å²) >= 11 is 0. The van der Waals surface area contributed by atoms with E-state index in [9.17, 15) is 13.2 Å². The molecule has 1 aromatic carbocycles. The van der Waals surface area contributed by atoms with Crippen molar-refractivity contribution in [2.75, 3.05) is 32.8 Å². The third kappa shape index (κ3) is 6.67. The van der Waals surface area contributed by atoms with Crippen molar-refractivity contribution < 1.29 is 27.1 Å². The zero-order valence-corrected chi connectivity index (χ0v) is 16.6. The maximum absolute atomic E-state index is 12.2. The van der Waals surface area contributed by atoms with Crippen LogP contribution in [-0.2, 0) is 11.3 Å². The Morgan fingerprint density at radius 3 is 2.50 bits per heavy atom. The van der Waals surface area contributed by atoms with Gasteiger partial charge in [-0.3, -0.25) is 4.90 Å². The molecule has 1 unspecified atom stereocenters. The molecule has 0 saturated carbocycles. The Hall–Kier alpha value is -2.72. The number of morpholine rings is 1. The van der Waals surface area contributed by atoms with E-state index in [1.807, 2.05) is 19.1 Å². The Morgan fingerprint density at radius 2 is 1.90 bits per heavy atom. The molecule has 2 aromatic rings. The zero-order valence-electron chi connectivity index (χ0n) is 16.6. The molecule has 164 valence electrons. The number of benzene rings is 1.